The van der Waals surface area contributed by atoms with Crippen LogP contribution in [0.15, 0.2) is 98.0 Å². The highest BCUT2D eigenvalue weighted by Crippen LogP contribution is 2.25. The molecule has 270 valence electrons. The number of carbonyl (C=O) groups is 5. The zero-order valence-electron chi connectivity index (χ0n) is 29.6. The highest BCUT2D eigenvalue weighted by Gasteiger charge is 2.28. The first-order chi connectivity index (χ1) is 23.8. The van der Waals surface area contributed by atoms with Crippen molar-refractivity contribution >= 4 is 42.8 Å². The van der Waals surface area contributed by atoms with Gasteiger partial charge in [0.25, 0.3) is 0 Å². The quantitative estimate of drug-likeness (QED) is 0.0390. The molecular formula is C39H48O11. The Morgan fingerprint density at radius 1 is 0.720 bits per heavy atom. The third-order valence-electron chi connectivity index (χ3n) is 6.08. The maximum Gasteiger partial charge on any atom is 0.333 e. The summed E-state index contributed by atoms with van der Waals surface area (Å²) in [7, 11) is 0. The van der Waals surface area contributed by atoms with Crippen LogP contribution in [0.5, 0.6) is 11.5 Å². The minimum atomic E-state index is -0.516. The van der Waals surface area contributed by atoms with E-state index in [4.69, 9.17) is 33.2 Å². The first kappa shape index (κ1) is 44.3. The summed E-state index contributed by atoms with van der Waals surface area (Å²) in [6, 6.07) is 14.2. The standard InChI is InChI=1S/C21H28O5.C17H18O5.CH2O/c1-6-12-21(4,5)20(23)26-18-9-7-17(8-10-18)11-13-24-14-15-25-19(22)16(2)3;1-4-20-15-8-5-14(6-9-15)7-10-16(18)21-11-12-22-17(19)13(2)3;1-2/h7-11,13H,2,6,12,14-15H2,1,3-5H3;4-10H,1-2,11-12H2,3H3;1H2/b13-11+;10-7+;. The molecule has 2 rings (SSSR count). The van der Waals surface area contributed by atoms with Crippen LogP contribution in [0.4, 0.5) is 0 Å². The van der Waals surface area contributed by atoms with Gasteiger partial charge >= 0.3 is 23.9 Å². The van der Waals surface area contributed by atoms with Crippen molar-refractivity contribution < 1.29 is 52.4 Å². The first-order valence-electron chi connectivity index (χ1n) is 15.6. The van der Waals surface area contributed by atoms with Gasteiger partial charge in [-0.2, -0.15) is 0 Å². The summed E-state index contributed by atoms with van der Waals surface area (Å²) >= 11 is 0. The van der Waals surface area contributed by atoms with Gasteiger partial charge < -0.3 is 33.2 Å². The van der Waals surface area contributed by atoms with Crippen molar-refractivity contribution in [2.24, 2.45) is 5.41 Å². The summed E-state index contributed by atoms with van der Waals surface area (Å²) in [5.74, 6) is -0.496. The zero-order valence-corrected chi connectivity index (χ0v) is 29.6. The van der Waals surface area contributed by atoms with Crippen molar-refractivity contribution in [1.29, 1.82) is 0 Å². The number of ether oxygens (including phenoxy) is 6. The summed E-state index contributed by atoms with van der Waals surface area (Å²) in [5, 5.41) is 0. The molecule has 0 saturated heterocycles. The van der Waals surface area contributed by atoms with Crippen molar-refractivity contribution in [2.45, 2.75) is 47.5 Å². The number of hydrogen-bond acceptors (Lipinski definition) is 11. The molecule has 0 fully saturated rings. The highest BCUT2D eigenvalue weighted by atomic mass is 16.6. The van der Waals surface area contributed by atoms with Crippen LogP contribution in [0.3, 0.4) is 0 Å². The Morgan fingerprint density at radius 2 is 1.20 bits per heavy atom. The fourth-order valence-corrected chi connectivity index (χ4v) is 3.49. The Kier molecular flexibility index (Phi) is 22.4. The van der Waals surface area contributed by atoms with E-state index in [1.807, 2.05) is 39.7 Å². The molecule has 11 nitrogen and oxygen atoms in total. The van der Waals surface area contributed by atoms with E-state index >= 15 is 0 Å². The summed E-state index contributed by atoms with van der Waals surface area (Å²) in [6.45, 7) is 21.8. The van der Waals surface area contributed by atoms with Crippen LogP contribution in [0, 0.1) is 5.41 Å². The van der Waals surface area contributed by atoms with Gasteiger partial charge in [0.2, 0.25) is 0 Å². The Morgan fingerprint density at radius 3 is 1.70 bits per heavy atom. The molecule has 0 aromatic heterocycles. The molecule has 50 heavy (non-hydrogen) atoms. The molecular weight excluding hydrogens is 644 g/mol. The van der Waals surface area contributed by atoms with E-state index in [0.717, 1.165) is 24.0 Å². The third kappa shape index (κ3) is 19.8. The van der Waals surface area contributed by atoms with Gasteiger partial charge in [0.15, 0.2) is 0 Å². The van der Waals surface area contributed by atoms with Crippen LogP contribution in [-0.2, 0) is 42.9 Å². The molecule has 2 aromatic carbocycles. The van der Waals surface area contributed by atoms with Gasteiger partial charge in [0, 0.05) is 17.2 Å². The molecule has 0 N–H and O–H groups in total. The number of rotatable bonds is 18. The van der Waals surface area contributed by atoms with Gasteiger partial charge in [-0.25, -0.2) is 14.4 Å². The van der Waals surface area contributed by atoms with Gasteiger partial charge in [-0.3, -0.25) is 4.79 Å². The Bertz CT molecular complexity index is 1450. The lowest BCUT2D eigenvalue weighted by molar-refractivity contribution is -0.146. The van der Waals surface area contributed by atoms with Gasteiger partial charge in [0.05, 0.1) is 17.9 Å². The average molecular weight is 693 g/mol. The topological polar surface area (TPSA) is 141 Å². The van der Waals surface area contributed by atoms with Crippen molar-refractivity contribution in [2.75, 3.05) is 26.4 Å². The monoisotopic (exact) mass is 692 g/mol. The van der Waals surface area contributed by atoms with Crippen LogP contribution in [0.2, 0.25) is 0 Å². The summed E-state index contributed by atoms with van der Waals surface area (Å²) in [6.07, 6.45) is 9.25. The smallest absolute Gasteiger partial charge is 0.333 e. The van der Waals surface area contributed by atoms with E-state index in [-0.39, 0.29) is 32.4 Å². The van der Waals surface area contributed by atoms with E-state index in [1.54, 1.807) is 62.4 Å². The molecule has 0 bridgehead atoms. The highest BCUT2D eigenvalue weighted by molar-refractivity contribution is 5.88. The molecule has 0 saturated carbocycles. The first-order valence-corrected chi connectivity index (χ1v) is 15.6. The van der Waals surface area contributed by atoms with Gasteiger partial charge in [-0.1, -0.05) is 57.3 Å². The molecule has 0 aliphatic rings. The Balaban J connectivity index is 0.000000926. The molecule has 0 radical (unpaired) electrons. The van der Waals surface area contributed by atoms with Crippen LogP contribution in [0.25, 0.3) is 12.2 Å². The molecule has 0 aliphatic carbocycles. The minimum Gasteiger partial charge on any atom is -0.498 e. The Labute approximate surface area is 294 Å². The molecule has 0 aliphatic heterocycles. The van der Waals surface area contributed by atoms with E-state index < -0.39 is 23.3 Å². The SMILES string of the molecule is C=C(C)C(=O)OCCO/C=C/c1ccc(OC(=O)C(C)(C)CCC)cc1.C=COc1ccc(/C=C/C(=O)OCCOC(=O)C(=C)C)cc1.C=O. The fourth-order valence-electron chi connectivity index (χ4n) is 3.49. The molecule has 0 amide bonds. The second-order valence-corrected chi connectivity index (χ2v) is 11.0. The van der Waals surface area contributed by atoms with Gasteiger partial charge in [0.1, 0.15) is 44.7 Å². The van der Waals surface area contributed by atoms with Crippen molar-refractivity contribution in [3.05, 3.63) is 109 Å². The molecule has 0 unspecified atom stereocenters. The molecule has 0 atom stereocenters. The molecule has 0 spiro atoms. The van der Waals surface area contributed by atoms with E-state index in [2.05, 4.69) is 19.7 Å². The summed E-state index contributed by atoms with van der Waals surface area (Å²) in [4.78, 5) is 53.9. The normalized spacial score (nSPS) is 10.3. The van der Waals surface area contributed by atoms with E-state index in [9.17, 15) is 19.2 Å². The molecule has 2 aromatic rings. The van der Waals surface area contributed by atoms with Gasteiger partial charge in [-0.05, 0) is 81.7 Å². The lowest BCUT2D eigenvalue weighted by Crippen LogP contribution is -2.28. The predicted octanol–water partition coefficient (Wildman–Crippen LogP) is 7.22. The number of esters is 4. The molecule has 11 heteroatoms. The third-order valence-corrected chi connectivity index (χ3v) is 6.08. The zero-order chi connectivity index (χ0) is 38.0. The van der Waals surface area contributed by atoms with Crippen LogP contribution in [0.1, 0.15) is 58.6 Å². The predicted molar refractivity (Wildman–Crippen MR) is 192 cm³/mol. The Hall–Kier alpha value is -5.71. The van der Waals surface area contributed by atoms with Crippen molar-refractivity contribution in [3.8, 4) is 11.5 Å². The number of hydrogen-bond donors (Lipinski definition) is 0. The average Bonchev–Trinajstić information content (AvgIpc) is 3.09. The molecule has 0 heterocycles. The van der Waals surface area contributed by atoms with Crippen LogP contribution >= 0.6 is 0 Å². The number of benzene rings is 2. The fraction of sp³-hybridized carbons (Fsp3) is 0.308. The minimum absolute atomic E-state index is 0.00113. The van der Waals surface area contributed by atoms with Crippen molar-refractivity contribution in [1.82, 2.24) is 0 Å². The van der Waals surface area contributed by atoms with Crippen LogP contribution < -0.4 is 9.47 Å². The lowest BCUT2D eigenvalue weighted by atomic mass is 9.88. The van der Waals surface area contributed by atoms with Crippen LogP contribution in [-0.4, -0.2) is 57.1 Å². The second-order valence-electron chi connectivity index (χ2n) is 11.0. The maximum atomic E-state index is 12.2. The second kappa shape index (κ2) is 25.3. The summed E-state index contributed by atoms with van der Waals surface area (Å²) in [5.41, 5.74) is 1.89. The largest absolute Gasteiger partial charge is 0.498 e. The number of carbonyl (C=O) groups excluding carboxylic acids is 5. The van der Waals surface area contributed by atoms with E-state index in [1.165, 1.54) is 18.6 Å². The van der Waals surface area contributed by atoms with Crippen molar-refractivity contribution in [3.63, 3.8) is 0 Å². The van der Waals surface area contributed by atoms with Gasteiger partial charge in [-0.15, -0.1) is 0 Å². The maximum absolute atomic E-state index is 12.2. The van der Waals surface area contributed by atoms with E-state index in [0.29, 0.717) is 22.6 Å². The summed E-state index contributed by atoms with van der Waals surface area (Å²) < 4.78 is 30.4. The lowest BCUT2D eigenvalue weighted by Gasteiger charge is -2.21.